The molecule has 6 rings (SSSR count). The molecule has 11 atom stereocenters. The smallest absolute Gasteiger partial charge is 0.311 e. The van der Waals surface area contributed by atoms with Gasteiger partial charge in [0.25, 0.3) is 0 Å². The summed E-state index contributed by atoms with van der Waals surface area (Å²) in [6, 6.07) is 0. The predicted octanol–water partition coefficient (Wildman–Crippen LogP) is 7.23. The van der Waals surface area contributed by atoms with Gasteiger partial charge in [-0.15, -0.1) is 0 Å². The lowest BCUT2D eigenvalue weighted by molar-refractivity contribution is -0.269. The molecule has 4 aliphatic carbocycles. The second-order valence-electron chi connectivity index (χ2n) is 15.5. The van der Waals surface area contributed by atoms with E-state index < -0.39 is 5.79 Å². The molecule has 2 aliphatic heterocycles. The van der Waals surface area contributed by atoms with Crippen molar-refractivity contribution in [2.24, 2.45) is 51.2 Å². The highest BCUT2D eigenvalue weighted by atomic mass is 16.7. The van der Waals surface area contributed by atoms with E-state index in [1.54, 1.807) is 18.1 Å². The number of rotatable bonds is 1. The molecule has 0 unspecified atom stereocenters. The molecule has 2 saturated carbocycles. The zero-order valence-corrected chi connectivity index (χ0v) is 25.2. The number of ether oxygens (including phenoxy) is 3. The monoisotopic (exact) mass is 526 g/mol. The Labute approximate surface area is 229 Å². The Kier molecular flexibility index (Phi) is 5.72. The molecule has 0 aromatic rings. The lowest BCUT2D eigenvalue weighted by Gasteiger charge is -2.63. The van der Waals surface area contributed by atoms with Crippen molar-refractivity contribution in [1.29, 1.82) is 0 Å². The Hall–Kier alpha value is -1.36. The van der Waals surface area contributed by atoms with Crippen molar-refractivity contribution in [2.75, 3.05) is 0 Å². The van der Waals surface area contributed by atoms with E-state index in [1.165, 1.54) is 12.8 Å². The van der Waals surface area contributed by atoms with Crippen LogP contribution in [-0.2, 0) is 23.8 Å². The number of allylic oxidation sites excluding steroid dienone is 1. The van der Waals surface area contributed by atoms with Gasteiger partial charge < -0.3 is 14.2 Å². The molecule has 6 aliphatic rings. The highest BCUT2D eigenvalue weighted by Gasteiger charge is 2.70. The molecule has 1 spiro atoms. The lowest BCUT2D eigenvalue weighted by atomic mass is 9.42. The summed E-state index contributed by atoms with van der Waals surface area (Å²) in [5, 5.41) is 0. The minimum atomic E-state index is -0.811. The van der Waals surface area contributed by atoms with Gasteiger partial charge in [-0.3, -0.25) is 9.59 Å². The first-order chi connectivity index (χ1) is 17.6. The third-order valence-corrected chi connectivity index (χ3v) is 13.8. The topological polar surface area (TPSA) is 61.8 Å². The Morgan fingerprint density at radius 1 is 0.974 bits per heavy atom. The van der Waals surface area contributed by atoms with E-state index in [0.717, 1.165) is 38.5 Å². The van der Waals surface area contributed by atoms with Crippen LogP contribution in [0.3, 0.4) is 0 Å². The van der Waals surface area contributed by atoms with Crippen molar-refractivity contribution in [1.82, 2.24) is 0 Å². The molecule has 212 valence electrons. The number of hydrogen-bond donors (Lipinski definition) is 0. The van der Waals surface area contributed by atoms with Crippen molar-refractivity contribution >= 4 is 11.9 Å². The van der Waals surface area contributed by atoms with Gasteiger partial charge in [0.2, 0.25) is 5.79 Å². The zero-order valence-electron chi connectivity index (χ0n) is 25.2. The van der Waals surface area contributed by atoms with Gasteiger partial charge in [0.05, 0.1) is 12.0 Å². The largest absolute Gasteiger partial charge is 0.462 e. The van der Waals surface area contributed by atoms with Gasteiger partial charge in [0, 0.05) is 30.1 Å². The van der Waals surface area contributed by atoms with Crippen LogP contribution in [0.15, 0.2) is 11.1 Å². The zero-order chi connectivity index (χ0) is 27.6. The molecular weight excluding hydrogens is 476 g/mol. The minimum absolute atomic E-state index is 0.0281. The van der Waals surface area contributed by atoms with Crippen LogP contribution in [0.1, 0.15) is 114 Å². The van der Waals surface area contributed by atoms with Crippen LogP contribution in [0.5, 0.6) is 0 Å². The number of esters is 2. The lowest BCUT2D eigenvalue weighted by Crippen LogP contribution is -2.59. The van der Waals surface area contributed by atoms with E-state index in [-0.39, 0.29) is 57.6 Å². The molecule has 0 amide bonds. The molecule has 0 radical (unpaired) electrons. The van der Waals surface area contributed by atoms with Crippen molar-refractivity contribution in [3.8, 4) is 0 Å². The fourth-order valence-electron chi connectivity index (χ4n) is 11.3. The Morgan fingerprint density at radius 3 is 2.32 bits per heavy atom. The third kappa shape index (κ3) is 3.15. The first-order valence-corrected chi connectivity index (χ1v) is 15.4. The summed E-state index contributed by atoms with van der Waals surface area (Å²) in [5.41, 5.74) is 3.45. The molecule has 5 heteroatoms. The molecule has 2 heterocycles. The number of carbonyl (C=O) groups is 2. The quantitative estimate of drug-likeness (QED) is 0.266. The summed E-state index contributed by atoms with van der Waals surface area (Å²) in [4.78, 5) is 24.8. The molecule has 0 N–H and O–H groups in total. The average molecular weight is 527 g/mol. The standard InChI is InChI=1S/C33H50O5/c1-18-17-33(20(3)19(2)28(35)38-33)37-27-16-24-23(31(8)15-12-22(18)32(27,31)9)10-11-25-29(5,6)26(36-21(4)34)13-14-30(24,25)7/h18-20,22,25-27H,10-17H2,1-9H3/t18-,19+,20+,22-,25-,26-,27-,30-,31+,32+,33+/m1/s1. The molecular formula is C33H50O5. The van der Waals surface area contributed by atoms with E-state index in [9.17, 15) is 9.59 Å². The van der Waals surface area contributed by atoms with Crippen LogP contribution < -0.4 is 0 Å². The molecule has 0 bridgehead atoms. The second kappa shape index (κ2) is 8.10. The number of hydrogen-bond acceptors (Lipinski definition) is 5. The third-order valence-electron chi connectivity index (χ3n) is 13.8. The molecule has 0 aromatic carbocycles. The first-order valence-electron chi connectivity index (χ1n) is 15.4. The highest BCUT2D eigenvalue weighted by Crippen LogP contribution is 2.74. The van der Waals surface area contributed by atoms with Crippen molar-refractivity contribution < 1.29 is 23.8 Å². The summed E-state index contributed by atoms with van der Waals surface area (Å²) in [6.07, 6.45) is 8.44. The first kappa shape index (κ1) is 26.8. The van der Waals surface area contributed by atoms with Gasteiger partial charge in [0.1, 0.15) is 6.10 Å². The van der Waals surface area contributed by atoms with Crippen LogP contribution in [0.25, 0.3) is 0 Å². The summed E-state index contributed by atoms with van der Waals surface area (Å²) < 4.78 is 19.4. The van der Waals surface area contributed by atoms with E-state index in [2.05, 4.69) is 48.5 Å². The highest BCUT2D eigenvalue weighted by molar-refractivity contribution is 5.75. The van der Waals surface area contributed by atoms with Crippen molar-refractivity contribution in [2.45, 2.75) is 132 Å². The molecule has 5 nitrogen and oxygen atoms in total. The maximum atomic E-state index is 12.8. The fourth-order valence-corrected chi connectivity index (χ4v) is 11.3. The van der Waals surface area contributed by atoms with Gasteiger partial charge in [-0.05, 0) is 73.5 Å². The average Bonchev–Trinajstić information content (AvgIpc) is 3.18. The minimum Gasteiger partial charge on any atom is -0.462 e. The maximum Gasteiger partial charge on any atom is 0.311 e. The Morgan fingerprint density at radius 2 is 1.68 bits per heavy atom. The van der Waals surface area contributed by atoms with Gasteiger partial charge in [-0.25, -0.2) is 0 Å². The molecule has 38 heavy (non-hydrogen) atoms. The normalized spacial score (nSPS) is 53.1. The molecule has 0 aromatic heterocycles. The maximum absolute atomic E-state index is 12.8. The van der Waals surface area contributed by atoms with E-state index in [0.29, 0.717) is 17.8 Å². The summed E-state index contributed by atoms with van der Waals surface area (Å²) in [7, 11) is 0. The van der Waals surface area contributed by atoms with Crippen LogP contribution in [0.2, 0.25) is 0 Å². The van der Waals surface area contributed by atoms with Crippen LogP contribution in [0, 0.1) is 51.2 Å². The van der Waals surface area contributed by atoms with Gasteiger partial charge >= 0.3 is 11.9 Å². The van der Waals surface area contributed by atoms with E-state index in [4.69, 9.17) is 14.2 Å². The van der Waals surface area contributed by atoms with Gasteiger partial charge in [-0.1, -0.05) is 66.5 Å². The van der Waals surface area contributed by atoms with Crippen molar-refractivity contribution in [3.05, 3.63) is 11.1 Å². The van der Waals surface area contributed by atoms with E-state index >= 15 is 0 Å². The molecule has 4 fully saturated rings. The fraction of sp³-hybridized carbons (Fsp3) is 0.879. The Balaban J connectivity index is 1.45. The van der Waals surface area contributed by atoms with Crippen LogP contribution in [-0.4, -0.2) is 29.9 Å². The molecule has 2 saturated heterocycles. The summed E-state index contributed by atoms with van der Waals surface area (Å²) in [6.45, 7) is 20.3. The van der Waals surface area contributed by atoms with Gasteiger partial charge in [0.15, 0.2) is 0 Å². The van der Waals surface area contributed by atoms with Crippen LogP contribution in [0.4, 0.5) is 0 Å². The SMILES string of the molecule is CC(=O)O[C@@H]1CC[C@]2(C)C3=C(CC[C@@H]2C1(C)C)[C@]1(C)CC[C@@H]2[C@H](C)C[C@@]4(OC(=O)[C@@H](C)[C@@H]4C)O[C@H](C3)[C@]21C. The van der Waals surface area contributed by atoms with E-state index in [1.807, 2.05) is 6.92 Å². The van der Waals surface area contributed by atoms with Crippen LogP contribution >= 0.6 is 0 Å². The summed E-state index contributed by atoms with van der Waals surface area (Å²) in [5.74, 6) is 0.305. The second-order valence-corrected chi connectivity index (χ2v) is 15.5. The van der Waals surface area contributed by atoms with Crippen molar-refractivity contribution in [3.63, 3.8) is 0 Å². The Bertz CT molecular complexity index is 1090. The van der Waals surface area contributed by atoms with Gasteiger partial charge in [-0.2, -0.15) is 0 Å². The number of fused-ring (bicyclic) bond motifs is 3. The predicted molar refractivity (Wildman–Crippen MR) is 146 cm³/mol. The number of carbonyl (C=O) groups excluding carboxylic acids is 2. The summed E-state index contributed by atoms with van der Waals surface area (Å²) >= 11 is 0.